The first kappa shape index (κ1) is 14.0. The minimum absolute atomic E-state index is 0.0946. The Hall–Kier alpha value is -1.40. The molecule has 19 heavy (non-hydrogen) atoms. The third-order valence-electron chi connectivity index (χ3n) is 2.48. The van der Waals surface area contributed by atoms with Crippen LogP contribution in [0.2, 0.25) is 0 Å². The quantitative estimate of drug-likeness (QED) is 0.878. The molecule has 2 aromatic rings. The van der Waals surface area contributed by atoms with E-state index in [2.05, 4.69) is 31.5 Å². The lowest BCUT2D eigenvalue weighted by atomic mass is 10.2. The zero-order valence-corrected chi connectivity index (χ0v) is 12.8. The predicted octanol–water partition coefficient (Wildman–Crippen LogP) is 3.27. The first-order valence-corrected chi connectivity index (χ1v) is 7.52. The predicted molar refractivity (Wildman–Crippen MR) is 81.6 cm³/mol. The molecule has 0 aromatic carbocycles. The maximum absolute atomic E-state index is 12.1. The fraction of sp³-hybridized carbons (Fsp3) is 0.231. The first-order valence-electron chi connectivity index (χ1n) is 5.91. The van der Waals surface area contributed by atoms with Gasteiger partial charge in [0.2, 0.25) is 0 Å². The Bertz CT molecular complexity index is 571. The van der Waals surface area contributed by atoms with Gasteiger partial charge in [-0.3, -0.25) is 9.78 Å². The van der Waals surface area contributed by atoms with Crippen molar-refractivity contribution in [2.45, 2.75) is 13.5 Å². The molecule has 0 spiro atoms. The number of hydrogen-bond acceptors (Lipinski definition) is 4. The van der Waals surface area contributed by atoms with E-state index in [1.54, 1.807) is 29.8 Å². The Morgan fingerprint density at radius 1 is 1.42 bits per heavy atom. The van der Waals surface area contributed by atoms with E-state index in [1.165, 1.54) is 0 Å². The van der Waals surface area contributed by atoms with E-state index in [-0.39, 0.29) is 5.91 Å². The summed E-state index contributed by atoms with van der Waals surface area (Å²) in [6.45, 7) is 3.27. The van der Waals surface area contributed by atoms with Crippen molar-refractivity contribution in [3.05, 3.63) is 44.8 Å². The number of anilines is 1. The van der Waals surface area contributed by atoms with Gasteiger partial charge in [-0.25, -0.2) is 0 Å². The smallest absolute Gasteiger partial charge is 0.253 e. The SMILES string of the molecule is CCNc1cnccc1C(=O)NCc1ccc(Br)s1. The highest BCUT2D eigenvalue weighted by atomic mass is 79.9. The number of thiophene rings is 1. The Balaban J connectivity index is 2.03. The van der Waals surface area contributed by atoms with Crippen LogP contribution in [0.3, 0.4) is 0 Å². The molecule has 1 amide bonds. The van der Waals surface area contributed by atoms with E-state index >= 15 is 0 Å². The molecule has 0 fully saturated rings. The Labute approximate surface area is 124 Å². The fourth-order valence-electron chi connectivity index (χ4n) is 1.63. The van der Waals surface area contributed by atoms with Crippen LogP contribution >= 0.6 is 27.3 Å². The van der Waals surface area contributed by atoms with Crippen LogP contribution in [0.1, 0.15) is 22.2 Å². The molecule has 2 N–H and O–H groups in total. The molecule has 100 valence electrons. The van der Waals surface area contributed by atoms with Crippen molar-refractivity contribution in [2.24, 2.45) is 0 Å². The molecule has 0 bridgehead atoms. The van der Waals surface area contributed by atoms with Gasteiger partial charge in [0.05, 0.1) is 27.8 Å². The number of rotatable bonds is 5. The molecule has 0 radical (unpaired) electrons. The summed E-state index contributed by atoms with van der Waals surface area (Å²) in [4.78, 5) is 17.3. The molecular weight excluding hydrogens is 326 g/mol. The summed E-state index contributed by atoms with van der Waals surface area (Å²) in [5.74, 6) is -0.0946. The highest BCUT2D eigenvalue weighted by molar-refractivity contribution is 9.11. The lowest BCUT2D eigenvalue weighted by Crippen LogP contribution is -2.23. The van der Waals surface area contributed by atoms with E-state index in [0.29, 0.717) is 12.1 Å². The molecule has 0 saturated carbocycles. The summed E-state index contributed by atoms with van der Waals surface area (Å²) in [6.07, 6.45) is 3.29. The van der Waals surface area contributed by atoms with Gasteiger partial charge >= 0.3 is 0 Å². The summed E-state index contributed by atoms with van der Waals surface area (Å²) in [5, 5.41) is 6.04. The number of nitrogens with one attached hydrogen (secondary N) is 2. The summed E-state index contributed by atoms with van der Waals surface area (Å²) in [5.41, 5.74) is 1.38. The van der Waals surface area contributed by atoms with Crippen molar-refractivity contribution in [2.75, 3.05) is 11.9 Å². The summed E-state index contributed by atoms with van der Waals surface area (Å²) < 4.78 is 1.06. The Morgan fingerprint density at radius 2 is 2.26 bits per heavy atom. The van der Waals surface area contributed by atoms with Crippen LogP contribution in [0, 0.1) is 0 Å². The minimum Gasteiger partial charge on any atom is -0.383 e. The van der Waals surface area contributed by atoms with Gasteiger partial charge in [0.1, 0.15) is 0 Å². The second-order valence-corrected chi connectivity index (χ2v) is 6.39. The molecule has 0 aliphatic heterocycles. The summed E-state index contributed by atoms with van der Waals surface area (Å²) >= 11 is 5.02. The zero-order chi connectivity index (χ0) is 13.7. The van der Waals surface area contributed by atoms with Crippen molar-refractivity contribution in [1.29, 1.82) is 0 Å². The molecule has 2 aromatic heterocycles. The molecule has 6 heteroatoms. The van der Waals surface area contributed by atoms with E-state index in [0.717, 1.165) is 20.9 Å². The molecule has 0 aliphatic rings. The molecule has 0 atom stereocenters. The fourth-order valence-corrected chi connectivity index (χ4v) is 3.06. The van der Waals surface area contributed by atoms with Crippen LogP contribution in [-0.2, 0) is 6.54 Å². The van der Waals surface area contributed by atoms with Crippen molar-refractivity contribution in [3.8, 4) is 0 Å². The van der Waals surface area contributed by atoms with Gasteiger partial charge < -0.3 is 10.6 Å². The normalized spacial score (nSPS) is 10.2. The topological polar surface area (TPSA) is 54.0 Å². The maximum atomic E-state index is 12.1. The Morgan fingerprint density at radius 3 is 2.95 bits per heavy atom. The van der Waals surface area contributed by atoms with Crippen molar-refractivity contribution in [1.82, 2.24) is 10.3 Å². The number of nitrogens with zero attached hydrogens (tertiary/aromatic N) is 1. The molecular formula is C13H14BrN3OS. The molecule has 0 saturated heterocycles. The van der Waals surface area contributed by atoms with Gasteiger partial charge in [-0.1, -0.05) is 0 Å². The number of carbonyl (C=O) groups is 1. The first-order chi connectivity index (χ1) is 9.20. The largest absolute Gasteiger partial charge is 0.383 e. The molecule has 2 heterocycles. The zero-order valence-electron chi connectivity index (χ0n) is 10.4. The van der Waals surface area contributed by atoms with E-state index in [9.17, 15) is 4.79 Å². The lowest BCUT2D eigenvalue weighted by molar-refractivity contribution is 0.0952. The lowest BCUT2D eigenvalue weighted by Gasteiger charge is -2.09. The van der Waals surface area contributed by atoms with Crippen LogP contribution in [0.25, 0.3) is 0 Å². The number of carbonyl (C=O) groups excluding carboxylic acids is 1. The summed E-state index contributed by atoms with van der Waals surface area (Å²) in [6, 6.07) is 5.69. The standard InChI is InChI=1S/C13H14BrN3OS/c1-2-16-11-8-15-6-5-10(11)13(18)17-7-9-3-4-12(14)19-9/h3-6,8,16H,2,7H2,1H3,(H,17,18). The number of halogens is 1. The van der Waals surface area contributed by atoms with Crippen LogP contribution in [-0.4, -0.2) is 17.4 Å². The second kappa shape index (κ2) is 6.68. The molecule has 0 unspecified atom stereocenters. The number of aromatic nitrogens is 1. The van der Waals surface area contributed by atoms with E-state index in [4.69, 9.17) is 0 Å². The van der Waals surface area contributed by atoms with Gasteiger partial charge in [-0.15, -0.1) is 11.3 Å². The van der Waals surface area contributed by atoms with Gasteiger partial charge in [0.15, 0.2) is 0 Å². The van der Waals surface area contributed by atoms with Gasteiger partial charge in [0.25, 0.3) is 5.91 Å². The van der Waals surface area contributed by atoms with Crippen molar-refractivity contribution >= 4 is 38.9 Å². The van der Waals surface area contributed by atoms with Gasteiger partial charge in [-0.2, -0.15) is 0 Å². The second-order valence-electron chi connectivity index (χ2n) is 3.84. The Kier molecular flexibility index (Phi) is 4.93. The van der Waals surface area contributed by atoms with E-state index in [1.807, 2.05) is 19.1 Å². The van der Waals surface area contributed by atoms with Crippen molar-refractivity contribution in [3.63, 3.8) is 0 Å². The highest BCUT2D eigenvalue weighted by Crippen LogP contribution is 2.22. The van der Waals surface area contributed by atoms with Crippen LogP contribution in [0.5, 0.6) is 0 Å². The average molecular weight is 340 g/mol. The van der Waals surface area contributed by atoms with Crippen LogP contribution in [0.4, 0.5) is 5.69 Å². The van der Waals surface area contributed by atoms with E-state index < -0.39 is 0 Å². The third-order valence-corrected chi connectivity index (χ3v) is 4.11. The monoisotopic (exact) mass is 339 g/mol. The van der Waals surface area contributed by atoms with Crippen LogP contribution < -0.4 is 10.6 Å². The number of hydrogen-bond donors (Lipinski definition) is 2. The van der Waals surface area contributed by atoms with Gasteiger partial charge in [0, 0.05) is 17.6 Å². The highest BCUT2D eigenvalue weighted by Gasteiger charge is 2.10. The third kappa shape index (κ3) is 3.78. The number of amides is 1. The molecule has 0 aliphatic carbocycles. The molecule has 4 nitrogen and oxygen atoms in total. The minimum atomic E-state index is -0.0946. The molecule has 2 rings (SSSR count). The number of pyridine rings is 1. The average Bonchev–Trinajstić information content (AvgIpc) is 2.83. The maximum Gasteiger partial charge on any atom is 0.253 e. The van der Waals surface area contributed by atoms with Crippen LogP contribution in [0.15, 0.2) is 34.4 Å². The summed E-state index contributed by atoms with van der Waals surface area (Å²) in [7, 11) is 0. The van der Waals surface area contributed by atoms with Gasteiger partial charge in [-0.05, 0) is 41.1 Å². The van der Waals surface area contributed by atoms with Crippen molar-refractivity contribution < 1.29 is 4.79 Å².